The zero-order chi connectivity index (χ0) is 19.8. The molecule has 0 aliphatic rings. The van der Waals surface area contributed by atoms with Crippen molar-refractivity contribution in [3.63, 3.8) is 0 Å². The predicted molar refractivity (Wildman–Crippen MR) is 118 cm³/mol. The lowest BCUT2D eigenvalue weighted by Crippen LogP contribution is -2.22. The fourth-order valence-electron chi connectivity index (χ4n) is 2.66. The summed E-state index contributed by atoms with van der Waals surface area (Å²) in [6, 6.07) is 0. The third-order valence-electron chi connectivity index (χ3n) is 4.97. The maximum Gasteiger partial charge on any atom is 0.0800 e. The Morgan fingerprint density at radius 2 is 1.15 bits per heavy atom. The van der Waals surface area contributed by atoms with Crippen LogP contribution in [0.4, 0.5) is 0 Å². The van der Waals surface area contributed by atoms with Gasteiger partial charge in [0.25, 0.3) is 0 Å². The van der Waals surface area contributed by atoms with Crippen molar-refractivity contribution in [1.82, 2.24) is 0 Å². The third-order valence-corrected chi connectivity index (χ3v) is 4.97. The van der Waals surface area contributed by atoms with Gasteiger partial charge in [-0.25, -0.2) is 0 Å². The summed E-state index contributed by atoms with van der Waals surface area (Å²) in [6.07, 6.45) is 25.9. The average molecular weight is 359 g/mol. The van der Waals surface area contributed by atoms with Gasteiger partial charge in [0.05, 0.1) is 5.60 Å². The molecule has 0 amide bonds. The maximum absolute atomic E-state index is 10.1. The SMILES string of the molecule is CC=CCCC=CCCC=CCCC=CCC(C)C(C)=C(C)C(C)(C)O. The minimum atomic E-state index is -0.714. The summed E-state index contributed by atoms with van der Waals surface area (Å²) in [6.45, 7) is 12.2. The Balaban J connectivity index is 3.88. The molecule has 0 aliphatic heterocycles. The van der Waals surface area contributed by atoms with E-state index in [1.807, 2.05) is 20.8 Å². The lowest BCUT2D eigenvalue weighted by atomic mass is 9.87. The largest absolute Gasteiger partial charge is 0.386 e. The highest BCUT2D eigenvalue weighted by atomic mass is 16.3. The van der Waals surface area contributed by atoms with E-state index >= 15 is 0 Å². The van der Waals surface area contributed by atoms with E-state index in [0.717, 1.165) is 50.5 Å². The number of aliphatic hydroxyl groups is 1. The molecule has 1 atom stereocenters. The molecule has 0 radical (unpaired) electrons. The fraction of sp³-hybridized carbons (Fsp3) is 0.600. The number of hydrogen-bond acceptors (Lipinski definition) is 1. The van der Waals surface area contributed by atoms with E-state index in [0.29, 0.717) is 5.92 Å². The van der Waals surface area contributed by atoms with Gasteiger partial charge in [0.2, 0.25) is 0 Å². The summed E-state index contributed by atoms with van der Waals surface area (Å²) in [5.74, 6) is 0.479. The molecule has 0 spiro atoms. The Morgan fingerprint density at radius 1 is 0.769 bits per heavy atom. The van der Waals surface area contributed by atoms with Crippen LogP contribution in [0.15, 0.2) is 59.8 Å². The highest BCUT2D eigenvalue weighted by Gasteiger charge is 2.19. The lowest BCUT2D eigenvalue weighted by molar-refractivity contribution is 0.118. The molecule has 0 bridgehead atoms. The Labute approximate surface area is 163 Å². The molecular formula is C25H42O. The van der Waals surface area contributed by atoms with Crippen molar-refractivity contribution in [2.75, 3.05) is 0 Å². The van der Waals surface area contributed by atoms with Crippen molar-refractivity contribution < 1.29 is 5.11 Å². The van der Waals surface area contributed by atoms with E-state index < -0.39 is 5.60 Å². The molecule has 1 unspecified atom stereocenters. The maximum atomic E-state index is 10.1. The van der Waals surface area contributed by atoms with E-state index in [4.69, 9.17) is 0 Å². The van der Waals surface area contributed by atoms with Crippen LogP contribution in [0.5, 0.6) is 0 Å². The monoisotopic (exact) mass is 358 g/mol. The summed E-state index contributed by atoms with van der Waals surface area (Å²) in [4.78, 5) is 0. The van der Waals surface area contributed by atoms with E-state index in [9.17, 15) is 5.11 Å². The quantitative estimate of drug-likeness (QED) is 0.264. The van der Waals surface area contributed by atoms with E-state index in [1.165, 1.54) is 5.57 Å². The van der Waals surface area contributed by atoms with Crippen LogP contribution in [0, 0.1) is 5.92 Å². The second-order valence-corrected chi connectivity index (χ2v) is 7.72. The van der Waals surface area contributed by atoms with Crippen LogP contribution in [0.3, 0.4) is 0 Å². The Morgan fingerprint density at radius 3 is 1.54 bits per heavy atom. The fourth-order valence-corrected chi connectivity index (χ4v) is 2.66. The molecule has 0 rings (SSSR count). The van der Waals surface area contributed by atoms with Crippen LogP contribution in [-0.2, 0) is 0 Å². The molecule has 148 valence electrons. The van der Waals surface area contributed by atoms with Crippen molar-refractivity contribution >= 4 is 0 Å². The predicted octanol–water partition coefficient (Wildman–Crippen LogP) is 7.71. The van der Waals surface area contributed by atoms with Crippen molar-refractivity contribution in [3.8, 4) is 0 Å². The second-order valence-electron chi connectivity index (χ2n) is 7.72. The summed E-state index contributed by atoms with van der Waals surface area (Å²) >= 11 is 0. The number of rotatable bonds is 13. The molecule has 1 N–H and O–H groups in total. The molecular weight excluding hydrogens is 316 g/mol. The van der Waals surface area contributed by atoms with Crippen LogP contribution >= 0.6 is 0 Å². The first-order chi connectivity index (χ1) is 12.3. The minimum Gasteiger partial charge on any atom is -0.386 e. The van der Waals surface area contributed by atoms with Gasteiger partial charge >= 0.3 is 0 Å². The standard InChI is InChI=1S/C25H42O/c1-7-8-9-10-11-12-13-14-15-16-17-18-19-20-21-22(2)23(3)24(4)25(5,6)26/h7-8,11-12,15-16,19-20,22,26H,9-10,13-14,17-18,21H2,1-6H3. The molecule has 0 aliphatic carbocycles. The van der Waals surface area contributed by atoms with Gasteiger partial charge in [-0.05, 0) is 91.1 Å². The van der Waals surface area contributed by atoms with Crippen LogP contribution in [0.1, 0.15) is 86.5 Å². The van der Waals surface area contributed by atoms with Crippen LogP contribution in [0.25, 0.3) is 0 Å². The Bertz CT molecular complexity index is 495. The zero-order valence-electron chi connectivity index (χ0n) is 18.1. The second kappa shape index (κ2) is 14.8. The molecule has 0 aromatic carbocycles. The molecule has 0 heterocycles. The van der Waals surface area contributed by atoms with Crippen LogP contribution in [-0.4, -0.2) is 10.7 Å². The first-order valence-corrected chi connectivity index (χ1v) is 10.3. The molecule has 0 fully saturated rings. The summed E-state index contributed by atoms with van der Waals surface area (Å²) < 4.78 is 0. The van der Waals surface area contributed by atoms with Gasteiger partial charge in [0.1, 0.15) is 0 Å². The molecule has 0 aromatic heterocycles. The van der Waals surface area contributed by atoms with Crippen molar-refractivity contribution in [2.45, 2.75) is 92.1 Å². The van der Waals surface area contributed by atoms with Gasteiger partial charge in [0.15, 0.2) is 0 Å². The summed E-state index contributed by atoms with van der Waals surface area (Å²) in [5, 5.41) is 10.1. The zero-order valence-corrected chi connectivity index (χ0v) is 18.1. The highest BCUT2D eigenvalue weighted by molar-refractivity contribution is 5.20. The van der Waals surface area contributed by atoms with Gasteiger partial charge in [-0.2, -0.15) is 0 Å². The first-order valence-electron chi connectivity index (χ1n) is 10.3. The van der Waals surface area contributed by atoms with Gasteiger partial charge in [0, 0.05) is 0 Å². The van der Waals surface area contributed by atoms with Crippen LogP contribution in [0.2, 0.25) is 0 Å². The van der Waals surface area contributed by atoms with E-state index in [-0.39, 0.29) is 0 Å². The van der Waals surface area contributed by atoms with Crippen molar-refractivity contribution in [2.24, 2.45) is 5.92 Å². The molecule has 0 saturated heterocycles. The Kier molecular flexibility index (Phi) is 14.0. The number of allylic oxidation sites excluding steroid dienone is 9. The minimum absolute atomic E-state index is 0.479. The molecule has 1 nitrogen and oxygen atoms in total. The lowest BCUT2D eigenvalue weighted by Gasteiger charge is -2.24. The normalized spacial score (nSPS) is 15.7. The topological polar surface area (TPSA) is 20.2 Å². The molecule has 26 heavy (non-hydrogen) atoms. The van der Waals surface area contributed by atoms with E-state index in [2.05, 4.69) is 69.4 Å². The average Bonchev–Trinajstić information content (AvgIpc) is 2.59. The third kappa shape index (κ3) is 12.9. The Hall–Kier alpha value is -1.34. The van der Waals surface area contributed by atoms with E-state index in [1.54, 1.807) is 0 Å². The molecule has 0 saturated carbocycles. The molecule has 1 heteroatoms. The summed E-state index contributed by atoms with van der Waals surface area (Å²) in [7, 11) is 0. The summed E-state index contributed by atoms with van der Waals surface area (Å²) in [5.41, 5.74) is 1.69. The highest BCUT2D eigenvalue weighted by Crippen LogP contribution is 2.25. The molecule has 0 aromatic rings. The smallest absolute Gasteiger partial charge is 0.0800 e. The van der Waals surface area contributed by atoms with Gasteiger partial charge in [-0.3, -0.25) is 0 Å². The van der Waals surface area contributed by atoms with Gasteiger partial charge < -0.3 is 5.11 Å². The van der Waals surface area contributed by atoms with Crippen molar-refractivity contribution in [1.29, 1.82) is 0 Å². The van der Waals surface area contributed by atoms with Gasteiger partial charge in [-0.1, -0.05) is 61.1 Å². The number of unbranched alkanes of at least 4 members (excludes halogenated alkanes) is 3. The van der Waals surface area contributed by atoms with Crippen LogP contribution < -0.4 is 0 Å². The first kappa shape index (κ1) is 24.7. The van der Waals surface area contributed by atoms with Crippen molar-refractivity contribution in [3.05, 3.63) is 59.8 Å². The van der Waals surface area contributed by atoms with Gasteiger partial charge in [-0.15, -0.1) is 0 Å². The number of hydrogen-bond donors (Lipinski definition) is 1.